The molecule has 0 fully saturated rings. The van der Waals surface area contributed by atoms with E-state index >= 15 is 0 Å². The lowest BCUT2D eigenvalue weighted by Gasteiger charge is -2.11. The third-order valence-corrected chi connectivity index (χ3v) is 3.36. The molecule has 0 aliphatic rings. The van der Waals surface area contributed by atoms with Crippen LogP contribution < -0.4 is 10.7 Å². The standard InChI is InChI=1S/C15H20BrN3O2/c1-4-10(2)17-14(20)8-11(3)18-19-15(21)12-6-5-7-13(16)9-12/h5-7,9-10H,4,8H2,1-3H3,(H,17,20)(H,19,21). The first-order valence-corrected chi connectivity index (χ1v) is 7.60. The van der Waals surface area contributed by atoms with Crippen LogP contribution in [0.4, 0.5) is 0 Å². The van der Waals surface area contributed by atoms with Crippen LogP contribution in [0.25, 0.3) is 0 Å². The van der Waals surface area contributed by atoms with Crippen molar-refractivity contribution in [3.63, 3.8) is 0 Å². The number of carbonyl (C=O) groups is 2. The minimum absolute atomic E-state index is 0.0951. The molecule has 2 amide bonds. The molecule has 0 aliphatic carbocycles. The largest absolute Gasteiger partial charge is 0.353 e. The average molecular weight is 354 g/mol. The molecule has 1 atom stereocenters. The van der Waals surface area contributed by atoms with Crippen LogP contribution in [0.5, 0.6) is 0 Å². The van der Waals surface area contributed by atoms with Gasteiger partial charge in [0.15, 0.2) is 0 Å². The molecular formula is C15H20BrN3O2. The van der Waals surface area contributed by atoms with Gasteiger partial charge in [-0.1, -0.05) is 28.9 Å². The lowest BCUT2D eigenvalue weighted by atomic mass is 10.2. The van der Waals surface area contributed by atoms with E-state index in [0.29, 0.717) is 11.3 Å². The SMILES string of the molecule is CCC(C)NC(=O)CC(C)=NNC(=O)c1cccc(Br)c1. The van der Waals surface area contributed by atoms with Crippen molar-refractivity contribution in [1.29, 1.82) is 0 Å². The number of nitrogens with zero attached hydrogens (tertiary/aromatic N) is 1. The van der Waals surface area contributed by atoms with E-state index in [4.69, 9.17) is 0 Å². The van der Waals surface area contributed by atoms with E-state index in [1.54, 1.807) is 25.1 Å². The summed E-state index contributed by atoms with van der Waals surface area (Å²) in [4.78, 5) is 23.5. The zero-order chi connectivity index (χ0) is 15.8. The molecule has 1 aromatic carbocycles. The maximum absolute atomic E-state index is 11.9. The predicted molar refractivity (Wildman–Crippen MR) is 87.2 cm³/mol. The van der Waals surface area contributed by atoms with E-state index in [9.17, 15) is 9.59 Å². The van der Waals surface area contributed by atoms with Gasteiger partial charge in [0, 0.05) is 21.8 Å². The number of hydrogen-bond donors (Lipinski definition) is 2. The minimum Gasteiger partial charge on any atom is -0.353 e. The van der Waals surface area contributed by atoms with E-state index in [1.165, 1.54) is 0 Å². The van der Waals surface area contributed by atoms with Crippen molar-refractivity contribution in [3.05, 3.63) is 34.3 Å². The van der Waals surface area contributed by atoms with Crippen molar-refractivity contribution in [3.8, 4) is 0 Å². The van der Waals surface area contributed by atoms with E-state index < -0.39 is 0 Å². The smallest absolute Gasteiger partial charge is 0.271 e. The molecule has 2 N–H and O–H groups in total. The Kier molecular flexibility index (Phi) is 7.08. The number of hydrogen-bond acceptors (Lipinski definition) is 3. The van der Waals surface area contributed by atoms with Crippen molar-refractivity contribution >= 4 is 33.5 Å². The molecule has 0 aromatic heterocycles. The Bertz CT molecular complexity index is 543. The Labute approximate surface area is 133 Å². The molecule has 0 saturated carbocycles. The van der Waals surface area contributed by atoms with Crippen molar-refractivity contribution in [1.82, 2.24) is 10.7 Å². The molecule has 1 aromatic rings. The summed E-state index contributed by atoms with van der Waals surface area (Å²) < 4.78 is 0.823. The molecule has 0 saturated heterocycles. The van der Waals surface area contributed by atoms with Crippen molar-refractivity contribution < 1.29 is 9.59 Å². The zero-order valence-electron chi connectivity index (χ0n) is 12.4. The summed E-state index contributed by atoms with van der Waals surface area (Å²) in [5.41, 5.74) is 3.51. The van der Waals surface area contributed by atoms with Crippen LogP contribution in [-0.2, 0) is 4.79 Å². The van der Waals surface area contributed by atoms with Crippen LogP contribution in [-0.4, -0.2) is 23.6 Å². The Hall–Kier alpha value is -1.69. The fourth-order valence-electron chi connectivity index (χ4n) is 1.54. The minimum atomic E-state index is -0.307. The van der Waals surface area contributed by atoms with Crippen LogP contribution in [0.3, 0.4) is 0 Å². The van der Waals surface area contributed by atoms with Crippen LogP contribution >= 0.6 is 15.9 Å². The van der Waals surface area contributed by atoms with Gasteiger partial charge < -0.3 is 5.32 Å². The third-order valence-electron chi connectivity index (χ3n) is 2.87. The summed E-state index contributed by atoms with van der Waals surface area (Å²) in [6.07, 6.45) is 1.05. The average Bonchev–Trinajstić information content (AvgIpc) is 2.44. The van der Waals surface area contributed by atoms with Gasteiger partial charge in [-0.25, -0.2) is 5.43 Å². The van der Waals surface area contributed by atoms with E-state index in [2.05, 4.69) is 31.8 Å². The summed E-state index contributed by atoms with van der Waals surface area (Å²) in [6.45, 7) is 5.65. The monoisotopic (exact) mass is 353 g/mol. The summed E-state index contributed by atoms with van der Waals surface area (Å²) in [7, 11) is 0. The quantitative estimate of drug-likeness (QED) is 0.609. The highest BCUT2D eigenvalue weighted by molar-refractivity contribution is 9.10. The number of hydrazone groups is 1. The molecule has 0 radical (unpaired) electrons. The molecule has 6 heteroatoms. The first-order valence-electron chi connectivity index (χ1n) is 6.80. The van der Waals surface area contributed by atoms with Crippen molar-refractivity contribution in [2.24, 2.45) is 5.10 Å². The number of halogens is 1. The summed E-state index contributed by atoms with van der Waals surface area (Å²) in [5, 5.41) is 6.79. The van der Waals surface area contributed by atoms with E-state index in [0.717, 1.165) is 10.9 Å². The summed E-state index contributed by atoms with van der Waals surface area (Å²) in [6, 6.07) is 7.15. The molecule has 0 aliphatic heterocycles. The zero-order valence-corrected chi connectivity index (χ0v) is 14.0. The fraction of sp³-hybridized carbons (Fsp3) is 0.400. The fourth-order valence-corrected chi connectivity index (χ4v) is 1.94. The normalized spacial score (nSPS) is 12.7. The second-order valence-corrected chi connectivity index (χ2v) is 5.77. The number of amides is 2. The highest BCUT2D eigenvalue weighted by Crippen LogP contribution is 2.11. The summed E-state index contributed by atoms with van der Waals surface area (Å²) >= 11 is 3.30. The maximum atomic E-state index is 11.9. The molecule has 0 spiro atoms. The third kappa shape index (κ3) is 6.53. The molecular weight excluding hydrogens is 334 g/mol. The van der Waals surface area contributed by atoms with Crippen molar-refractivity contribution in [2.45, 2.75) is 39.7 Å². The van der Waals surface area contributed by atoms with Gasteiger partial charge in [0.2, 0.25) is 5.91 Å². The highest BCUT2D eigenvalue weighted by Gasteiger charge is 2.08. The number of carbonyl (C=O) groups excluding carboxylic acids is 2. The van der Waals surface area contributed by atoms with Gasteiger partial charge in [-0.3, -0.25) is 9.59 Å². The number of nitrogens with one attached hydrogen (secondary N) is 2. The topological polar surface area (TPSA) is 70.6 Å². The Balaban J connectivity index is 2.52. The van der Waals surface area contributed by atoms with E-state index in [1.807, 2.05) is 19.9 Å². The molecule has 114 valence electrons. The van der Waals surface area contributed by atoms with Gasteiger partial charge in [0.25, 0.3) is 5.91 Å². The number of benzene rings is 1. The Morgan fingerprint density at radius 2 is 2.10 bits per heavy atom. The van der Waals surface area contributed by atoms with Crippen LogP contribution in [0, 0.1) is 0 Å². The van der Waals surface area contributed by atoms with Crippen LogP contribution in [0.2, 0.25) is 0 Å². The highest BCUT2D eigenvalue weighted by atomic mass is 79.9. The second kappa shape index (κ2) is 8.56. The van der Waals surface area contributed by atoms with Gasteiger partial charge in [0.1, 0.15) is 0 Å². The molecule has 21 heavy (non-hydrogen) atoms. The molecule has 5 nitrogen and oxygen atoms in total. The molecule has 1 rings (SSSR count). The van der Waals surface area contributed by atoms with Crippen molar-refractivity contribution in [2.75, 3.05) is 0 Å². The van der Waals surface area contributed by atoms with Crippen LogP contribution in [0.1, 0.15) is 44.0 Å². The Morgan fingerprint density at radius 3 is 2.71 bits per heavy atom. The van der Waals surface area contributed by atoms with Gasteiger partial charge in [-0.05, 0) is 38.5 Å². The molecule has 0 heterocycles. The molecule has 0 bridgehead atoms. The lowest BCUT2D eigenvalue weighted by Crippen LogP contribution is -2.33. The van der Waals surface area contributed by atoms with Gasteiger partial charge in [-0.2, -0.15) is 5.10 Å². The van der Waals surface area contributed by atoms with Gasteiger partial charge in [-0.15, -0.1) is 0 Å². The molecule has 1 unspecified atom stereocenters. The van der Waals surface area contributed by atoms with Gasteiger partial charge in [0.05, 0.1) is 6.42 Å². The first kappa shape index (κ1) is 17.4. The van der Waals surface area contributed by atoms with E-state index in [-0.39, 0.29) is 24.3 Å². The lowest BCUT2D eigenvalue weighted by molar-refractivity contribution is -0.120. The predicted octanol–water partition coefficient (Wildman–Crippen LogP) is 2.86. The van der Waals surface area contributed by atoms with Crippen LogP contribution in [0.15, 0.2) is 33.8 Å². The Morgan fingerprint density at radius 1 is 1.38 bits per heavy atom. The maximum Gasteiger partial charge on any atom is 0.271 e. The number of rotatable bonds is 6. The summed E-state index contributed by atoms with van der Waals surface area (Å²) in [5.74, 6) is -0.403. The van der Waals surface area contributed by atoms with Gasteiger partial charge >= 0.3 is 0 Å². The second-order valence-electron chi connectivity index (χ2n) is 4.85. The first-order chi connectivity index (χ1) is 9.92.